The summed E-state index contributed by atoms with van der Waals surface area (Å²) in [5, 5.41) is 9.57. The van der Waals surface area contributed by atoms with Gasteiger partial charge in [0, 0.05) is 25.9 Å². The Bertz CT molecular complexity index is 896. The molecule has 2 aromatic rings. The number of fused-ring (bicyclic) bond motifs is 1. The Balaban J connectivity index is 1.53. The molecule has 9 nitrogen and oxygen atoms in total. The number of aromatic nitrogens is 3. The van der Waals surface area contributed by atoms with Gasteiger partial charge in [-0.15, -0.1) is 0 Å². The molecule has 1 amide bonds. The number of carbonyl (C=O) groups is 1. The van der Waals surface area contributed by atoms with E-state index in [2.05, 4.69) is 19.9 Å². The van der Waals surface area contributed by atoms with E-state index in [1.807, 2.05) is 6.07 Å². The first-order chi connectivity index (χ1) is 13.5. The number of likely N-dealkylation sites (tertiary alicyclic amines) is 1. The molecule has 2 aliphatic heterocycles. The minimum atomic E-state index is -0.925. The smallest absolute Gasteiger partial charge is 0.407 e. The average Bonchev–Trinajstić information content (AvgIpc) is 3.17. The molecule has 0 aliphatic carbocycles. The van der Waals surface area contributed by atoms with E-state index in [1.165, 1.54) is 18.3 Å². The second-order valence-electron chi connectivity index (χ2n) is 6.72. The summed E-state index contributed by atoms with van der Waals surface area (Å²) in [6.45, 7) is 2.14. The van der Waals surface area contributed by atoms with Crippen LogP contribution in [-0.2, 0) is 13.0 Å². The van der Waals surface area contributed by atoms with Crippen molar-refractivity contribution in [2.24, 2.45) is 0 Å². The summed E-state index contributed by atoms with van der Waals surface area (Å²) >= 11 is 6.22. The van der Waals surface area contributed by atoms with Crippen LogP contribution in [-0.4, -0.2) is 63.9 Å². The number of methoxy groups -OCH3 is 1. The third-order valence-corrected chi connectivity index (χ3v) is 5.28. The van der Waals surface area contributed by atoms with Crippen molar-refractivity contribution in [3.05, 3.63) is 34.9 Å². The van der Waals surface area contributed by atoms with E-state index in [-0.39, 0.29) is 6.10 Å². The lowest BCUT2D eigenvalue weighted by atomic mass is 10.1. The van der Waals surface area contributed by atoms with E-state index < -0.39 is 6.09 Å². The first-order valence-corrected chi connectivity index (χ1v) is 9.34. The molecule has 1 atom stereocenters. The molecule has 0 spiro atoms. The van der Waals surface area contributed by atoms with Crippen molar-refractivity contribution in [2.75, 3.05) is 31.6 Å². The summed E-state index contributed by atoms with van der Waals surface area (Å²) in [5.41, 5.74) is 2.74. The zero-order valence-electron chi connectivity index (χ0n) is 15.3. The van der Waals surface area contributed by atoms with Gasteiger partial charge >= 0.3 is 6.09 Å². The van der Waals surface area contributed by atoms with Gasteiger partial charge in [-0.05, 0) is 6.07 Å². The van der Waals surface area contributed by atoms with Crippen LogP contribution in [0.25, 0.3) is 0 Å². The zero-order chi connectivity index (χ0) is 19.7. The number of amides is 1. The number of halogens is 1. The Hall–Kier alpha value is -2.81. The van der Waals surface area contributed by atoms with Gasteiger partial charge in [-0.25, -0.2) is 19.7 Å². The van der Waals surface area contributed by atoms with Crippen LogP contribution in [0.3, 0.4) is 0 Å². The van der Waals surface area contributed by atoms with E-state index in [0.29, 0.717) is 42.8 Å². The summed E-state index contributed by atoms with van der Waals surface area (Å²) in [6, 6.07) is 1.82. The van der Waals surface area contributed by atoms with Crippen LogP contribution in [0.1, 0.15) is 17.7 Å². The molecule has 0 aromatic carbocycles. The fraction of sp³-hybridized carbons (Fsp3) is 0.444. The van der Waals surface area contributed by atoms with Gasteiger partial charge in [0.25, 0.3) is 0 Å². The molecule has 0 bridgehead atoms. The molecule has 0 saturated carbocycles. The molecule has 10 heteroatoms. The highest BCUT2D eigenvalue weighted by Gasteiger charge is 2.30. The van der Waals surface area contributed by atoms with Crippen molar-refractivity contribution in [2.45, 2.75) is 25.5 Å². The number of hydrogen-bond donors (Lipinski definition) is 1. The molecule has 0 radical (unpaired) electrons. The Morgan fingerprint density at radius 2 is 2.14 bits per heavy atom. The van der Waals surface area contributed by atoms with Gasteiger partial charge < -0.3 is 24.4 Å². The van der Waals surface area contributed by atoms with E-state index >= 15 is 0 Å². The number of rotatable bonds is 4. The molecule has 0 unspecified atom stereocenters. The van der Waals surface area contributed by atoms with Gasteiger partial charge in [0.1, 0.15) is 17.5 Å². The van der Waals surface area contributed by atoms with Crippen molar-refractivity contribution in [1.82, 2.24) is 19.9 Å². The summed E-state index contributed by atoms with van der Waals surface area (Å²) in [7, 11) is 1.53. The number of anilines is 1. The van der Waals surface area contributed by atoms with Crippen LogP contribution >= 0.6 is 11.6 Å². The molecule has 2 aromatic heterocycles. The van der Waals surface area contributed by atoms with E-state index in [9.17, 15) is 4.79 Å². The normalized spacial score (nSPS) is 18.7. The monoisotopic (exact) mass is 405 g/mol. The lowest BCUT2D eigenvalue weighted by Crippen LogP contribution is -2.33. The molecular weight excluding hydrogens is 386 g/mol. The molecule has 1 saturated heterocycles. The number of nitrogens with zero attached hydrogens (tertiary/aromatic N) is 5. The van der Waals surface area contributed by atoms with Gasteiger partial charge in [-0.2, -0.15) is 0 Å². The third kappa shape index (κ3) is 3.62. The van der Waals surface area contributed by atoms with E-state index in [0.717, 1.165) is 29.9 Å². The highest BCUT2D eigenvalue weighted by Crippen LogP contribution is 2.32. The van der Waals surface area contributed by atoms with Crippen LogP contribution in [0.4, 0.5) is 10.5 Å². The van der Waals surface area contributed by atoms with Crippen LogP contribution in [0, 0.1) is 0 Å². The molecule has 1 N–H and O–H groups in total. The Kier molecular flexibility index (Phi) is 5.08. The second kappa shape index (κ2) is 7.67. The molecule has 4 rings (SSSR count). The summed E-state index contributed by atoms with van der Waals surface area (Å²) < 4.78 is 11.2. The summed E-state index contributed by atoms with van der Waals surface area (Å²) in [4.78, 5) is 27.5. The first-order valence-electron chi connectivity index (χ1n) is 8.97. The fourth-order valence-corrected chi connectivity index (χ4v) is 3.77. The SMILES string of the molecule is COc1ncc(N2CCc3ncnc(O[C@H]4CCN(C(=O)O)C4)c3C2)cc1Cl. The number of pyridine rings is 1. The van der Waals surface area contributed by atoms with Crippen molar-refractivity contribution in [1.29, 1.82) is 0 Å². The Morgan fingerprint density at radius 1 is 1.29 bits per heavy atom. The lowest BCUT2D eigenvalue weighted by Gasteiger charge is -2.31. The standard InChI is InChI=1S/C18H20ClN5O4/c1-27-17-14(19)6-11(7-20-17)23-5-3-15-13(9-23)16(22-10-21-15)28-12-2-4-24(8-12)18(25)26/h6-7,10,12H,2-5,8-9H2,1H3,(H,25,26)/t12-/m0/s1. The molecule has 4 heterocycles. The van der Waals surface area contributed by atoms with Crippen LogP contribution < -0.4 is 14.4 Å². The maximum Gasteiger partial charge on any atom is 0.407 e. The van der Waals surface area contributed by atoms with Gasteiger partial charge in [0.15, 0.2) is 0 Å². The lowest BCUT2D eigenvalue weighted by molar-refractivity contribution is 0.144. The van der Waals surface area contributed by atoms with Crippen molar-refractivity contribution in [3.63, 3.8) is 0 Å². The molecule has 1 fully saturated rings. The van der Waals surface area contributed by atoms with Gasteiger partial charge in [-0.3, -0.25) is 0 Å². The minimum absolute atomic E-state index is 0.206. The number of hydrogen-bond acceptors (Lipinski definition) is 7. The fourth-order valence-electron chi connectivity index (χ4n) is 3.53. The molecule has 2 aliphatic rings. The quantitative estimate of drug-likeness (QED) is 0.826. The van der Waals surface area contributed by atoms with Crippen molar-refractivity contribution in [3.8, 4) is 11.8 Å². The minimum Gasteiger partial charge on any atom is -0.480 e. The Morgan fingerprint density at radius 3 is 2.86 bits per heavy atom. The first kappa shape index (κ1) is 18.5. The molecular formula is C18H20ClN5O4. The van der Waals surface area contributed by atoms with Crippen LogP contribution in [0.2, 0.25) is 5.02 Å². The van der Waals surface area contributed by atoms with Crippen LogP contribution in [0.5, 0.6) is 11.8 Å². The predicted octanol–water partition coefficient (Wildman–Crippen LogP) is 2.23. The maximum atomic E-state index is 11.1. The second-order valence-corrected chi connectivity index (χ2v) is 7.12. The van der Waals surface area contributed by atoms with E-state index in [1.54, 1.807) is 6.20 Å². The Labute approximate surface area is 166 Å². The van der Waals surface area contributed by atoms with Gasteiger partial charge in [0.05, 0.1) is 43.3 Å². The topological polar surface area (TPSA) is 101 Å². The summed E-state index contributed by atoms with van der Waals surface area (Å²) in [5.74, 6) is 0.902. The highest BCUT2D eigenvalue weighted by atomic mass is 35.5. The highest BCUT2D eigenvalue weighted by molar-refractivity contribution is 6.32. The largest absolute Gasteiger partial charge is 0.480 e. The predicted molar refractivity (Wildman–Crippen MR) is 101 cm³/mol. The number of ether oxygens (including phenoxy) is 2. The van der Waals surface area contributed by atoms with Crippen LogP contribution in [0.15, 0.2) is 18.6 Å². The third-order valence-electron chi connectivity index (χ3n) is 5.01. The van der Waals surface area contributed by atoms with Crippen molar-refractivity contribution < 1.29 is 19.4 Å². The zero-order valence-corrected chi connectivity index (χ0v) is 16.1. The molecule has 148 valence electrons. The van der Waals surface area contributed by atoms with Gasteiger partial charge in [-0.1, -0.05) is 11.6 Å². The molecule has 28 heavy (non-hydrogen) atoms. The van der Waals surface area contributed by atoms with Crippen molar-refractivity contribution >= 4 is 23.4 Å². The summed E-state index contributed by atoms with van der Waals surface area (Å²) in [6.07, 6.45) is 3.48. The number of carboxylic acid groups (broad SMARTS) is 1. The average molecular weight is 406 g/mol. The van der Waals surface area contributed by atoms with Gasteiger partial charge in [0.2, 0.25) is 11.8 Å². The van der Waals surface area contributed by atoms with E-state index in [4.69, 9.17) is 26.2 Å². The maximum absolute atomic E-state index is 11.1.